The SMILES string of the molecule is CC(=O)C[C@H](NC(=O)N[C@@H](CC(N)=O)C(=O)O)c1nc([C@@H](N)CC(N)=O)no1. The fourth-order valence-corrected chi connectivity index (χ4v) is 2.09. The zero-order valence-electron chi connectivity index (χ0n) is 14.9. The van der Waals surface area contributed by atoms with Gasteiger partial charge in [0.25, 0.3) is 0 Å². The van der Waals surface area contributed by atoms with E-state index in [2.05, 4.69) is 15.5 Å². The number of carboxylic acids is 1. The second-order valence-corrected chi connectivity index (χ2v) is 5.91. The van der Waals surface area contributed by atoms with Crippen molar-refractivity contribution in [1.29, 1.82) is 0 Å². The molecule has 1 rings (SSSR count). The van der Waals surface area contributed by atoms with Crippen LogP contribution >= 0.6 is 0 Å². The van der Waals surface area contributed by atoms with Crippen molar-refractivity contribution in [1.82, 2.24) is 20.8 Å². The minimum absolute atomic E-state index is 0.0679. The third-order valence-electron chi connectivity index (χ3n) is 3.31. The first-order valence-corrected chi connectivity index (χ1v) is 7.94. The van der Waals surface area contributed by atoms with Crippen molar-refractivity contribution < 1.29 is 33.6 Å². The number of carbonyl (C=O) groups is 5. The molecule has 0 saturated heterocycles. The number of Topliss-reactive ketones (excluding diaryl/α,β-unsaturated/α-hetero) is 1. The molecule has 0 aliphatic carbocycles. The quantitative estimate of drug-likeness (QED) is 0.230. The molecule has 0 fully saturated rings. The lowest BCUT2D eigenvalue weighted by Gasteiger charge is -2.17. The molecule has 4 amide bonds. The average Bonchev–Trinajstić information content (AvgIpc) is 3.02. The van der Waals surface area contributed by atoms with Gasteiger partial charge < -0.3 is 37.5 Å². The molecule has 0 bridgehead atoms. The summed E-state index contributed by atoms with van der Waals surface area (Å²) in [6.45, 7) is 1.25. The van der Waals surface area contributed by atoms with E-state index >= 15 is 0 Å². The third-order valence-corrected chi connectivity index (χ3v) is 3.31. The van der Waals surface area contributed by atoms with E-state index in [0.717, 1.165) is 0 Å². The van der Waals surface area contributed by atoms with Crippen LogP contribution in [0.5, 0.6) is 0 Å². The Labute approximate surface area is 158 Å². The van der Waals surface area contributed by atoms with Gasteiger partial charge >= 0.3 is 12.0 Å². The molecule has 0 radical (unpaired) electrons. The van der Waals surface area contributed by atoms with Gasteiger partial charge in [-0.2, -0.15) is 4.98 Å². The van der Waals surface area contributed by atoms with Crippen LogP contribution in [0.3, 0.4) is 0 Å². The number of ketones is 1. The smallest absolute Gasteiger partial charge is 0.326 e. The molecule has 1 heterocycles. The number of amides is 4. The minimum Gasteiger partial charge on any atom is -0.480 e. The molecule has 0 aromatic carbocycles. The number of hydrogen-bond acceptors (Lipinski definition) is 9. The minimum atomic E-state index is -1.57. The first kappa shape index (κ1) is 22.5. The molecule has 0 saturated carbocycles. The second kappa shape index (κ2) is 9.96. The Morgan fingerprint density at radius 2 is 1.68 bits per heavy atom. The van der Waals surface area contributed by atoms with E-state index in [1.165, 1.54) is 6.92 Å². The number of nitrogens with one attached hydrogen (secondary N) is 2. The standard InChI is InChI=1S/C14H21N7O7/c1-5(22)2-7(12-20-11(21-28-12)6(15)3-9(16)23)18-14(27)19-8(13(25)26)4-10(17)24/h6-8H,2-4,15H2,1H3,(H2,16,23)(H2,17,24)(H,25,26)(H2,18,19,27)/t6-,7-,8-/m0/s1. The molecular weight excluding hydrogens is 378 g/mol. The van der Waals surface area contributed by atoms with Crippen molar-refractivity contribution in [3.63, 3.8) is 0 Å². The number of nitrogens with zero attached hydrogens (tertiary/aromatic N) is 2. The van der Waals surface area contributed by atoms with Crippen molar-refractivity contribution in [3.05, 3.63) is 11.7 Å². The van der Waals surface area contributed by atoms with E-state index in [9.17, 15) is 24.0 Å². The summed E-state index contributed by atoms with van der Waals surface area (Å²) in [7, 11) is 0. The number of carboxylic acid groups (broad SMARTS) is 1. The summed E-state index contributed by atoms with van der Waals surface area (Å²) in [5, 5.41) is 16.9. The van der Waals surface area contributed by atoms with Gasteiger partial charge in [0.1, 0.15) is 17.9 Å². The summed E-state index contributed by atoms with van der Waals surface area (Å²) in [6, 6.07) is -4.64. The summed E-state index contributed by atoms with van der Waals surface area (Å²) in [5.74, 6) is -3.71. The topological polar surface area (TPSA) is 247 Å². The largest absolute Gasteiger partial charge is 0.480 e. The fourth-order valence-electron chi connectivity index (χ4n) is 2.09. The van der Waals surface area contributed by atoms with Gasteiger partial charge in [-0.15, -0.1) is 0 Å². The predicted molar refractivity (Wildman–Crippen MR) is 90.0 cm³/mol. The van der Waals surface area contributed by atoms with Gasteiger partial charge in [-0.05, 0) is 6.92 Å². The van der Waals surface area contributed by atoms with Crippen LogP contribution in [0.1, 0.15) is 50.0 Å². The molecule has 0 aliphatic heterocycles. The zero-order valence-corrected chi connectivity index (χ0v) is 14.9. The zero-order chi connectivity index (χ0) is 21.4. The third kappa shape index (κ3) is 7.36. The van der Waals surface area contributed by atoms with Crippen molar-refractivity contribution in [2.45, 2.75) is 44.3 Å². The lowest BCUT2D eigenvalue weighted by molar-refractivity contribution is -0.140. The van der Waals surface area contributed by atoms with Gasteiger partial charge in [0.15, 0.2) is 5.82 Å². The van der Waals surface area contributed by atoms with Crippen molar-refractivity contribution in [2.75, 3.05) is 0 Å². The van der Waals surface area contributed by atoms with E-state index in [0.29, 0.717) is 0 Å². The number of aliphatic carboxylic acids is 1. The Bertz CT molecular complexity index is 763. The number of primary amides is 2. The maximum absolute atomic E-state index is 12.1. The van der Waals surface area contributed by atoms with E-state index < -0.39 is 48.4 Å². The molecule has 1 aromatic heterocycles. The molecular formula is C14H21N7O7. The summed E-state index contributed by atoms with van der Waals surface area (Å²) < 4.78 is 4.97. The van der Waals surface area contributed by atoms with Crippen LogP contribution in [0.25, 0.3) is 0 Å². The Hall–Kier alpha value is -3.55. The highest BCUT2D eigenvalue weighted by atomic mass is 16.5. The summed E-state index contributed by atoms with van der Waals surface area (Å²) in [6.07, 6.45) is -1.14. The maximum Gasteiger partial charge on any atom is 0.326 e. The Kier molecular flexibility index (Phi) is 8.00. The molecule has 3 atom stereocenters. The number of carbonyl (C=O) groups excluding carboxylic acids is 4. The highest BCUT2D eigenvalue weighted by molar-refractivity contribution is 5.88. The molecule has 154 valence electrons. The molecule has 14 nitrogen and oxygen atoms in total. The van der Waals surface area contributed by atoms with Gasteiger partial charge in [-0.1, -0.05) is 5.16 Å². The molecule has 0 unspecified atom stereocenters. The second-order valence-electron chi connectivity index (χ2n) is 5.91. The van der Waals surface area contributed by atoms with Crippen LogP contribution in [0, 0.1) is 0 Å². The highest BCUT2D eigenvalue weighted by Crippen LogP contribution is 2.18. The average molecular weight is 399 g/mol. The molecule has 28 heavy (non-hydrogen) atoms. The summed E-state index contributed by atoms with van der Waals surface area (Å²) in [4.78, 5) is 60.4. The molecule has 9 N–H and O–H groups in total. The summed E-state index contributed by atoms with van der Waals surface area (Å²) in [5.41, 5.74) is 15.7. The Morgan fingerprint density at radius 1 is 1.07 bits per heavy atom. The number of aromatic nitrogens is 2. The van der Waals surface area contributed by atoms with Crippen LogP contribution < -0.4 is 27.8 Å². The lowest BCUT2D eigenvalue weighted by atomic mass is 10.1. The van der Waals surface area contributed by atoms with Crippen LogP contribution in [0.2, 0.25) is 0 Å². The number of hydrogen-bond donors (Lipinski definition) is 6. The van der Waals surface area contributed by atoms with E-state index in [4.69, 9.17) is 26.8 Å². The Morgan fingerprint density at radius 3 is 2.18 bits per heavy atom. The predicted octanol–water partition coefficient (Wildman–Crippen LogP) is -2.41. The molecule has 0 aliphatic rings. The van der Waals surface area contributed by atoms with Crippen molar-refractivity contribution >= 4 is 29.6 Å². The van der Waals surface area contributed by atoms with Crippen LogP contribution in [0.4, 0.5) is 4.79 Å². The normalized spacial score (nSPS) is 13.8. The van der Waals surface area contributed by atoms with Gasteiger partial charge in [0.2, 0.25) is 17.7 Å². The van der Waals surface area contributed by atoms with E-state index in [1.807, 2.05) is 5.32 Å². The Balaban J connectivity index is 2.91. The maximum atomic E-state index is 12.1. The van der Waals surface area contributed by atoms with Gasteiger partial charge in [0, 0.05) is 12.8 Å². The van der Waals surface area contributed by atoms with Gasteiger partial charge in [-0.25, -0.2) is 9.59 Å². The van der Waals surface area contributed by atoms with Gasteiger partial charge in [-0.3, -0.25) is 14.4 Å². The summed E-state index contributed by atoms with van der Waals surface area (Å²) >= 11 is 0. The van der Waals surface area contributed by atoms with E-state index in [1.54, 1.807) is 0 Å². The first-order chi connectivity index (χ1) is 13.0. The number of urea groups is 1. The van der Waals surface area contributed by atoms with Crippen LogP contribution in [-0.2, 0) is 19.2 Å². The monoisotopic (exact) mass is 399 g/mol. The molecule has 1 aromatic rings. The number of nitrogens with two attached hydrogens (primary N) is 3. The van der Waals surface area contributed by atoms with Crippen molar-refractivity contribution in [2.24, 2.45) is 17.2 Å². The number of rotatable bonds is 11. The lowest BCUT2D eigenvalue weighted by Crippen LogP contribution is -2.48. The van der Waals surface area contributed by atoms with Crippen LogP contribution in [0.15, 0.2) is 4.52 Å². The van der Waals surface area contributed by atoms with Gasteiger partial charge in [0.05, 0.1) is 12.5 Å². The highest BCUT2D eigenvalue weighted by Gasteiger charge is 2.27. The van der Waals surface area contributed by atoms with E-state index in [-0.39, 0.29) is 30.3 Å². The molecule has 14 heteroatoms. The van der Waals surface area contributed by atoms with Crippen LogP contribution in [-0.4, -0.2) is 50.9 Å². The molecule has 0 spiro atoms. The first-order valence-electron chi connectivity index (χ1n) is 7.94. The van der Waals surface area contributed by atoms with Crippen molar-refractivity contribution in [3.8, 4) is 0 Å². The fraction of sp³-hybridized carbons (Fsp3) is 0.500.